The van der Waals surface area contributed by atoms with Gasteiger partial charge in [0.1, 0.15) is 17.7 Å². The van der Waals surface area contributed by atoms with Crippen molar-refractivity contribution in [1.29, 1.82) is 21.0 Å². The molecule has 0 aliphatic heterocycles. The number of nitrogens with zero attached hydrogens (tertiary/aromatic N) is 4. The third-order valence-corrected chi connectivity index (χ3v) is 6.04. The summed E-state index contributed by atoms with van der Waals surface area (Å²) >= 11 is 0. The first kappa shape index (κ1) is 20.5. The molecule has 0 amide bonds. The molecule has 1 aliphatic rings. The van der Waals surface area contributed by atoms with Gasteiger partial charge in [0.15, 0.2) is 0 Å². The fraction of sp³-hybridized carbons (Fsp3) is 0. The summed E-state index contributed by atoms with van der Waals surface area (Å²) in [7, 11) is 0. The van der Waals surface area contributed by atoms with Crippen LogP contribution in [0.4, 0.5) is 0 Å². The lowest BCUT2D eigenvalue weighted by molar-refractivity contribution is 1.46. The number of rotatable bonds is 2. The molecular weight excluding hydrogens is 416 g/mol. The van der Waals surface area contributed by atoms with Crippen molar-refractivity contribution in [3.8, 4) is 57.7 Å². The largest absolute Gasteiger partial charge is 0.192 e. The van der Waals surface area contributed by atoms with E-state index < -0.39 is 0 Å². The molecule has 0 fully saturated rings. The maximum absolute atomic E-state index is 9.73. The lowest BCUT2D eigenvalue weighted by Gasteiger charge is -2.08. The smallest absolute Gasteiger partial charge is 0.138 e. The minimum Gasteiger partial charge on any atom is -0.192 e. The van der Waals surface area contributed by atoms with Crippen LogP contribution >= 0.6 is 0 Å². The van der Waals surface area contributed by atoms with Crippen molar-refractivity contribution in [2.24, 2.45) is 0 Å². The Hall–Kier alpha value is -5.42. The highest BCUT2D eigenvalue weighted by Crippen LogP contribution is 2.48. The molecule has 0 atom stereocenters. The highest BCUT2D eigenvalue weighted by Gasteiger charge is 2.27. The Morgan fingerprint density at radius 1 is 0.441 bits per heavy atom. The summed E-state index contributed by atoms with van der Waals surface area (Å²) in [4.78, 5) is 0. The molecule has 0 aromatic heterocycles. The third kappa shape index (κ3) is 3.30. The van der Waals surface area contributed by atoms with E-state index in [9.17, 15) is 10.5 Å². The van der Waals surface area contributed by atoms with Gasteiger partial charge in [0.25, 0.3) is 0 Å². The van der Waals surface area contributed by atoms with Gasteiger partial charge in [-0.1, -0.05) is 48.5 Å². The van der Waals surface area contributed by atoms with Gasteiger partial charge in [-0.2, -0.15) is 21.0 Å². The predicted molar refractivity (Wildman–Crippen MR) is 129 cm³/mol. The maximum Gasteiger partial charge on any atom is 0.138 e. The molecule has 0 N–H and O–H groups in total. The molecule has 0 heterocycles. The molecular formula is C30H14N4. The fourth-order valence-electron chi connectivity index (χ4n) is 4.36. The first-order valence-corrected chi connectivity index (χ1v) is 10.5. The zero-order chi connectivity index (χ0) is 23.7. The molecule has 0 spiro atoms. The summed E-state index contributed by atoms with van der Waals surface area (Å²) in [6.45, 7) is 0. The molecule has 0 saturated heterocycles. The van der Waals surface area contributed by atoms with Crippen molar-refractivity contribution >= 4 is 5.57 Å². The average Bonchev–Trinajstić information content (AvgIpc) is 3.22. The lowest BCUT2D eigenvalue weighted by Crippen LogP contribution is -1.89. The Bertz CT molecular complexity index is 1540. The topological polar surface area (TPSA) is 95.2 Å². The van der Waals surface area contributed by atoms with E-state index in [1.807, 2.05) is 60.7 Å². The Kier molecular flexibility index (Phi) is 4.97. The minimum atomic E-state index is 0.0638. The van der Waals surface area contributed by atoms with Crippen molar-refractivity contribution in [2.75, 3.05) is 0 Å². The van der Waals surface area contributed by atoms with Crippen LogP contribution in [-0.2, 0) is 0 Å². The van der Waals surface area contributed by atoms with Gasteiger partial charge in [-0.15, -0.1) is 0 Å². The standard InChI is InChI=1S/C30H14N4/c31-15-19-1-5-21(6-2-19)23-9-11-26-27-12-10-24(22-7-3-20(16-32)4-8-22)14-29(27)30(28(26)13-23)25(17-33)18-34/h1-14H. The lowest BCUT2D eigenvalue weighted by atomic mass is 9.94. The monoisotopic (exact) mass is 430 g/mol. The Morgan fingerprint density at radius 2 is 0.824 bits per heavy atom. The van der Waals surface area contributed by atoms with E-state index in [1.165, 1.54) is 0 Å². The van der Waals surface area contributed by atoms with Crippen molar-refractivity contribution < 1.29 is 0 Å². The Morgan fingerprint density at radius 3 is 1.18 bits per heavy atom. The fourth-order valence-corrected chi connectivity index (χ4v) is 4.36. The number of hydrogen-bond acceptors (Lipinski definition) is 4. The van der Waals surface area contributed by atoms with Crippen LogP contribution in [0.15, 0.2) is 90.5 Å². The second-order valence-electron chi connectivity index (χ2n) is 7.87. The maximum atomic E-state index is 9.73. The molecule has 4 aromatic carbocycles. The molecule has 0 radical (unpaired) electrons. The van der Waals surface area contributed by atoms with Gasteiger partial charge >= 0.3 is 0 Å². The highest BCUT2D eigenvalue weighted by atomic mass is 14.3. The zero-order valence-electron chi connectivity index (χ0n) is 17.9. The summed E-state index contributed by atoms with van der Waals surface area (Å²) in [5, 5.41) is 37.6. The molecule has 0 bridgehead atoms. The normalized spacial score (nSPS) is 10.8. The second kappa shape index (κ2) is 8.26. The molecule has 4 nitrogen and oxygen atoms in total. The van der Waals surface area contributed by atoms with E-state index in [-0.39, 0.29) is 5.57 Å². The third-order valence-electron chi connectivity index (χ3n) is 6.04. The van der Waals surface area contributed by atoms with Gasteiger partial charge in [0.05, 0.1) is 23.3 Å². The molecule has 4 heteroatoms. The van der Waals surface area contributed by atoms with E-state index in [4.69, 9.17) is 10.5 Å². The van der Waals surface area contributed by atoms with Crippen molar-refractivity contribution in [3.63, 3.8) is 0 Å². The average molecular weight is 430 g/mol. The van der Waals surface area contributed by atoms with Crippen LogP contribution in [0.3, 0.4) is 0 Å². The van der Waals surface area contributed by atoms with E-state index in [2.05, 4.69) is 24.3 Å². The van der Waals surface area contributed by atoms with Crippen molar-refractivity contribution in [1.82, 2.24) is 0 Å². The molecule has 5 rings (SSSR count). The van der Waals surface area contributed by atoms with E-state index in [0.717, 1.165) is 44.5 Å². The molecule has 34 heavy (non-hydrogen) atoms. The van der Waals surface area contributed by atoms with E-state index in [1.54, 1.807) is 24.3 Å². The summed E-state index contributed by atoms with van der Waals surface area (Å²) < 4.78 is 0. The van der Waals surface area contributed by atoms with Crippen LogP contribution in [0.2, 0.25) is 0 Å². The van der Waals surface area contributed by atoms with E-state index in [0.29, 0.717) is 16.7 Å². The van der Waals surface area contributed by atoms with Gasteiger partial charge in [0, 0.05) is 5.57 Å². The van der Waals surface area contributed by atoms with Crippen LogP contribution in [0.5, 0.6) is 0 Å². The van der Waals surface area contributed by atoms with Gasteiger partial charge in [-0.05, 0) is 80.9 Å². The summed E-state index contributed by atoms with van der Waals surface area (Å²) in [5.74, 6) is 0. The molecule has 1 aliphatic carbocycles. The second-order valence-corrected chi connectivity index (χ2v) is 7.87. The highest BCUT2D eigenvalue weighted by molar-refractivity contribution is 6.05. The van der Waals surface area contributed by atoms with Crippen LogP contribution in [0.1, 0.15) is 22.3 Å². The van der Waals surface area contributed by atoms with Crippen molar-refractivity contribution in [3.05, 3.63) is 113 Å². The number of fused-ring (bicyclic) bond motifs is 3. The van der Waals surface area contributed by atoms with Crippen LogP contribution < -0.4 is 0 Å². The minimum absolute atomic E-state index is 0.0638. The SMILES string of the molecule is N#CC(C#N)=C1c2cc(-c3ccc(C#N)cc3)ccc2-c2ccc(-c3ccc(C#N)cc3)cc21. The molecule has 0 unspecified atom stereocenters. The number of benzene rings is 4. The molecule has 4 aromatic rings. The van der Waals surface area contributed by atoms with Gasteiger partial charge < -0.3 is 0 Å². The Balaban J connectivity index is 1.68. The molecule has 0 saturated carbocycles. The van der Waals surface area contributed by atoms with Gasteiger partial charge in [0.2, 0.25) is 0 Å². The molecule has 154 valence electrons. The summed E-state index contributed by atoms with van der Waals surface area (Å²) in [5.41, 5.74) is 9.26. The van der Waals surface area contributed by atoms with Crippen molar-refractivity contribution in [2.45, 2.75) is 0 Å². The number of allylic oxidation sites excluding steroid dienone is 1. The zero-order valence-corrected chi connectivity index (χ0v) is 17.9. The number of hydrogen-bond donors (Lipinski definition) is 0. The van der Waals surface area contributed by atoms with Gasteiger partial charge in [-0.25, -0.2) is 0 Å². The Labute approximate surface area is 197 Å². The van der Waals surface area contributed by atoms with Gasteiger partial charge in [-0.3, -0.25) is 0 Å². The van der Waals surface area contributed by atoms with Crippen LogP contribution in [-0.4, -0.2) is 0 Å². The summed E-state index contributed by atoms with van der Waals surface area (Å²) in [6, 6.07) is 35.1. The summed E-state index contributed by atoms with van der Waals surface area (Å²) in [6.07, 6.45) is 0. The van der Waals surface area contributed by atoms with E-state index >= 15 is 0 Å². The van der Waals surface area contributed by atoms with Crippen LogP contribution in [0, 0.1) is 45.3 Å². The predicted octanol–water partition coefficient (Wildman–Crippen LogP) is 6.59. The first-order chi connectivity index (χ1) is 16.7. The number of nitriles is 4. The van der Waals surface area contributed by atoms with Crippen LogP contribution in [0.25, 0.3) is 39.0 Å². The quantitative estimate of drug-likeness (QED) is 0.295. The first-order valence-electron chi connectivity index (χ1n) is 10.5.